The largest absolute Gasteiger partial charge is 0.467 e. The summed E-state index contributed by atoms with van der Waals surface area (Å²) in [4.78, 5) is 28.4. The molecule has 3 aromatic rings. The number of carbonyl (C=O) groups is 2. The number of nitrogens with zero attached hydrogens (tertiary/aromatic N) is 1. The maximum Gasteiger partial charge on any atom is 0.269 e. The van der Waals surface area contributed by atoms with E-state index in [1.165, 1.54) is 36.7 Å². The van der Waals surface area contributed by atoms with Crippen molar-refractivity contribution in [1.29, 1.82) is 0 Å². The van der Waals surface area contributed by atoms with Crippen LogP contribution < -0.4 is 10.6 Å². The Morgan fingerprint density at radius 2 is 1.85 bits per heavy atom. The van der Waals surface area contributed by atoms with E-state index in [1.54, 1.807) is 24.3 Å². The molecule has 2 heterocycles. The first-order chi connectivity index (χ1) is 13.1. The fourth-order valence-electron chi connectivity index (χ4n) is 2.44. The van der Waals surface area contributed by atoms with E-state index in [0.29, 0.717) is 24.3 Å². The van der Waals surface area contributed by atoms with Gasteiger partial charge >= 0.3 is 0 Å². The summed E-state index contributed by atoms with van der Waals surface area (Å²) in [6.45, 7) is 0.633. The molecule has 2 aromatic heterocycles. The smallest absolute Gasteiger partial charge is 0.269 e. The zero-order valence-electron chi connectivity index (χ0n) is 14.4. The van der Waals surface area contributed by atoms with Crippen molar-refractivity contribution < 1.29 is 18.4 Å². The third-order valence-corrected chi connectivity index (χ3v) is 3.87. The van der Waals surface area contributed by atoms with Crippen molar-refractivity contribution in [2.24, 2.45) is 0 Å². The van der Waals surface area contributed by atoms with Crippen molar-refractivity contribution in [3.8, 4) is 0 Å². The lowest BCUT2D eigenvalue weighted by Gasteiger charge is -2.07. The predicted molar refractivity (Wildman–Crippen MR) is 96.6 cm³/mol. The summed E-state index contributed by atoms with van der Waals surface area (Å²) in [6, 6.07) is 12.6. The van der Waals surface area contributed by atoms with Crippen molar-refractivity contribution in [3.05, 3.63) is 89.4 Å². The van der Waals surface area contributed by atoms with Gasteiger partial charge in [0.1, 0.15) is 17.3 Å². The van der Waals surface area contributed by atoms with Gasteiger partial charge in [-0.3, -0.25) is 14.6 Å². The molecular weight excluding hydrogens is 349 g/mol. The van der Waals surface area contributed by atoms with Crippen molar-refractivity contribution in [2.75, 3.05) is 6.54 Å². The lowest BCUT2D eigenvalue weighted by Crippen LogP contribution is -2.27. The van der Waals surface area contributed by atoms with Crippen LogP contribution in [0.3, 0.4) is 0 Å². The predicted octanol–water partition coefficient (Wildman–Crippen LogP) is 2.72. The van der Waals surface area contributed by atoms with Crippen molar-refractivity contribution in [3.63, 3.8) is 0 Å². The molecule has 0 aliphatic rings. The van der Waals surface area contributed by atoms with Crippen LogP contribution in [-0.4, -0.2) is 23.3 Å². The van der Waals surface area contributed by atoms with Crippen molar-refractivity contribution in [2.45, 2.75) is 13.0 Å². The fraction of sp³-hybridized carbons (Fsp3) is 0.150. The first-order valence-corrected chi connectivity index (χ1v) is 8.41. The standard InChI is InChI=1S/C20H18FN3O3/c21-16-5-3-14(4-6-16)7-9-23-20(26)18-12-15(8-10-22-18)19(25)24-13-17-2-1-11-27-17/h1-6,8,10-12H,7,9,13H2,(H,23,26)(H,24,25). The molecule has 0 atom stereocenters. The average molecular weight is 367 g/mol. The van der Waals surface area contributed by atoms with E-state index < -0.39 is 0 Å². The molecule has 0 saturated carbocycles. The average Bonchev–Trinajstić information content (AvgIpc) is 3.21. The van der Waals surface area contributed by atoms with E-state index in [9.17, 15) is 14.0 Å². The number of hydrogen-bond acceptors (Lipinski definition) is 4. The maximum atomic E-state index is 12.9. The van der Waals surface area contributed by atoms with Gasteiger partial charge in [0.15, 0.2) is 0 Å². The minimum absolute atomic E-state index is 0.153. The number of benzene rings is 1. The molecule has 0 saturated heterocycles. The van der Waals surface area contributed by atoms with Crippen LogP contribution in [0.1, 0.15) is 32.2 Å². The SMILES string of the molecule is O=C(NCc1ccco1)c1ccnc(C(=O)NCCc2ccc(F)cc2)c1. The van der Waals surface area contributed by atoms with Gasteiger partial charge in [-0.05, 0) is 48.4 Å². The Morgan fingerprint density at radius 1 is 1.04 bits per heavy atom. The van der Waals surface area contributed by atoms with E-state index in [2.05, 4.69) is 15.6 Å². The summed E-state index contributed by atoms with van der Waals surface area (Å²) in [7, 11) is 0. The van der Waals surface area contributed by atoms with Gasteiger partial charge in [0.05, 0.1) is 12.8 Å². The molecule has 0 fully saturated rings. The number of nitrogens with one attached hydrogen (secondary N) is 2. The quantitative estimate of drug-likeness (QED) is 0.672. The van der Waals surface area contributed by atoms with E-state index in [1.807, 2.05) is 0 Å². The molecule has 1 aromatic carbocycles. The van der Waals surface area contributed by atoms with Gasteiger partial charge < -0.3 is 15.1 Å². The molecule has 7 heteroatoms. The summed E-state index contributed by atoms with van der Waals surface area (Å²) in [5, 5.41) is 5.45. The Balaban J connectivity index is 1.53. The number of amides is 2. The monoisotopic (exact) mass is 367 g/mol. The van der Waals surface area contributed by atoms with Crippen LogP contribution in [0.5, 0.6) is 0 Å². The van der Waals surface area contributed by atoms with Gasteiger partial charge in [0.2, 0.25) is 0 Å². The topological polar surface area (TPSA) is 84.2 Å². The fourth-order valence-corrected chi connectivity index (χ4v) is 2.44. The summed E-state index contributed by atoms with van der Waals surface area (Å²) >= 11 is 0. The second-order valence-electron chi connectivity index (χ2n) is 5.82. The van der Waals surface area contributed by atoms with E-state index in [-0.39, 0.29) is 29.9 Å². The Hall–Kier alpha value is -3.48. The molecule has 0 aliphatic carbocycles. The molecule has 2 N–H and O–H groups in total. The zero-order chi connectivity index (χ0) is 19.1. The number of carbonyl (C=O) groups excluding carboxylic acids is 2. The minimum Gasteiger partial charge on any atom is -0.467 e. The van der Waals surface area contributed by atoms with Crippen LogP contribution in [-0.2, 0) is 13.0 Å². The van der Waals surface area contributed by atoms with Gasteiger partial charge in [-0.1, -0.05) is 12.1 Å². The molecule has 0 aliphatic heterocycles. The number of rotatable bonds is 7. The molecule has 138 valence electrons. The van der Waals surface area contributed by atoms with Crippen LogP contribution >= 0.6 is 0 Å². The van der Waals surface area contributed by atoms with Gasteiger partial charge in [0, 0.05) is 18.3 Å². The second-order valence-corrected chi connectivity index (χ2v) is 5.82. The Bertz CT molecular complexity index is 908. The highest BCUT2D eigenvalue weighted by molar-refractivity contribution is 5.98. The number of pyridine rings is 1. The molecule has 0 radical (unpaired) electrons. The molecule has 0 unspecified atom stereocenters. The number of hydrogen-bond donors (Lipinski definition) is 2. The van der Waals surface area contributed by atoms with Gasteiger partial charge in [0.25, 0.3) is 11.8 Å². The number of furan rings is 1. The lowest BCUT2D eigenvalue weighted by atomic mass is 10.1. The Morgan fingerprint density at radius 3 is 2.59 bits per heavy atom. The first kappa shape index (κ1) is 18.3. The highest BCUT2D eigenvalue weighted by atomic mass is 19.1. The van der Waals surface area contributed by atoms with E-state index >= 15 is 0 Å². The molecule has 2 amide bonds. The third-order valence-electron chi connectivity index (χ3n) is 3.87. The van der Waals surface area contributed by atoms with Gasteiger partial charge in [-0.2, -0.15) is 0 Å². The molecule has 27 heavy (non-hydrogen) atoms. The number of halogens is 1. The molecule has 0 bridgehead atoms. The first-order valence-electron chi connectivity index (χ1n) is 8.41. The van der Waals surface area contributed by atoms with Gasteiger partial charge in [-0.15, -0.1) is 0 Å². The van der Waals surface area contributed by atoms with Crippen molar-refractivity contribution in [1.82, 2.24) is 15.6 Å². The normalized spacial score (nSPS) is 10.4. The zero-order valence-corrected chi connectivity index (χ0v) is 14.4. The summed E-state index contributed by atoms with van der Waals surface area (Å²) in [5.41, 5.74) is 1.40. The summed E-state index contributed by atoms with van der Waals surface area (Å²) < 4.78 is 18.0. The molecule has 0 spiro atoms. The maximum absolute atomic E-state index is 12.9. The van der Waals surface area contributed by atoms with Crippen LogP contribution in [0.15, 0.2) is 65.4 Å². The highest BCUT2D eigenvalue weighted by Crippen LogP contribution is 2.05. The molecule has 6 nitrogen and oxygen atoms in total. The van der Waals surface area contributed by atoms with E-state index in [4.69, 9.17) is 4.42 Å². The number of aromatic nitrogens is 1. The highest BCUT2D eigenvalue weighted by Gasteiger charge is 2.12. The van der Waals surface area contributed by atoms with E-state index in [0.717, 1.165) is 5.56 Å². The van der Waals surface area contributed by atoms with Crippen molar-refractivity contribution >= 4 is 11.8 Å². The summed E-state index contributed by atoms with van der Waals surface area (Å²) in [5.74, 6) is -0.364. The van der Waals surface area contributed by atoms with Gasteiger partial charge in [-0.25, -0.2) is 4.39 Å². The Labute approximate surface area is 155 Å². The minimum atomic E-state index is -0.377. The molecular formula is C20H18FN3O3. The van der Waals surface area contributed by atoms with Crippen LogP contribution in [0, 0.1) is 5.82 Å². The third kappa shape index (κ3) is 5.24. The second kappa shape index (κ2) is 8.75. The summed E-state index contributed by atoms with van der Waals surface area (Å²) in [6.07, 6.45) is 3.51. The Kier molecular flexibility index (Phi) is 5.94. The molecule has 3 rings (SSSR count). The van der Waals surface area contributed by atoms with Crippen LogP contribution in [0.4, 0.5) is 4.39 Å². The lowest BCUT2D eigenvalue weighted by molar-refractivity contribution is 0.0948. The van der Waals surface area contributed by atoms with Crippen LogP contribution in [0.2, 0.25) is 0 Å². The van der Waals surface area contributed by atoms with Crippen LogP contribution in [0.25, 0.3) is 0 Å².